The summed E-state index contributed by atoms with van der Waals surface area (Å²) in [6, 6.07) is 3.83. The number of halogens is 3. The number of hydrogen-bond acceptors (Lipinski definition) is 5. The molecule has 28 heavy (non-hydrogen) atoms. The summed E-state index contributed by atoms with van der Waals surface area (Å²) < 4.78 is 56.7. The average Bonchev–Trinajstić information content (AvgIpc) is 3.11. The fourth-order valence-corrected chi connectivity index (χ4v) is 3.67. The number of nitrogens with one attached hydrogen (secondary N) is 1. The van der Waals surface area contributed by atoms with Crippen LogP contribution in [0.5, 0.6) is 17.2 Å². The van der Waals surface area contributed by atoms with E-state index in [2.05, 4.69) is 10.3 Å². The maximum Gasteiger partial charge on any atom is 0.434 e. The molecule has 0 saturated carbocycles. The Morgan fingerprint density at radius 1 is 1.29 bits per heavy atom. The van der Waals surface area contributed by atoms with Crippen molar-refractivity contribution in [1.29, 1.82) is 0 Å². The molecule has 2 aliphatic rings. The Kier molecular flexibility index (Phi) is 5.09. The van der Waals surface area contributed by atoms with Crippen LogP contribution in [0.3, 0.4) is 0 Å². The first-order valence-electron chi connectivity index (χ1n) is 9.24. The summed E-state index contributed by atoms with van der Waals surface area (Å²) >= 11 is 0. The number of nitrogens with zero attached hydrogens (tertiary/aromatic N) is 2. The molecule has 2 aliphatic heterocycles. The van der Waals surface area contributed by atoms with Crippen molar-refractivity contribution in [2.45, 2.75) is 32.1 Å². The van der Waals surface area contributed by atoms with Crippen molar-refractivity contribution in [3.63, 3.8) is 0 Å². The molecule has 1 aromatic carbocycles. The standard InChI is InChI=1S/C19H22F3N3O3/c1-26-14-6-13(7-15-18(14)28-5-4-27-15)9-23-8-12-2-3-17-24-16(19(20,21)22)11-25(17)10-12/h6-7,11-12,23H,2-5,8-10H2,1H3/t12-/m1/s1. The van der Waals surface area contributed by atoms with Crippen LogP contribution >= 0.6 is 0 Å². The molecule has 0 radical (unpaired) electrons. The minimum Gasteiger partial charge on any atom is -0.493 e. The Morgan fingerprint density at radius 3 is 2.89 bits per heavy atom. The summed E-state index contributed by atoms with van der Waals surface area (Å²) in [5, 5.41) is 3.39. The summed E-state index contributed by atoms with van der Waals surface area (Å²) in [6.45, 7) is 2.84. The molecule has 0 aliphatic carbocycles. The lowest BCUT2D eigenvalue weighted by Gasteiger charge is -2.24. The molecule has 3 heterocycles. The lowest BCUT2D eigenvalue weighted by Crippen LogP contribution is -2.29. The quantitative estimate of drug-likeness (QED) is 0.841. The van der Waals surface area contributed by atoms with Crippen molar-refractivity contribution in [1.82, 2.24) is 14.9 Å². The highest BCUT2D eigenvalue weighted by Crippen LogP contribution is 2.40. The van der Waals surface area contributed by atoms with Gasteiger partial charge in [0.25, 0.3) is 0 Å². The van der Waals surface area contributed by atoms with Crippen molar-refractivity contribution >= 4 is 0 Å². The molecule has 9 heteroatoms. The van der Waals surface area contributed by atoms with E-state index in [4.69, 9.17) is 14.2 Å². The van der Waals surface area contributed by atoms with Crippen molar-refractivity contribution in [3.8, 4) is 17.2 Å². The van der Waals surface area contributed by atoms with Gasteiger partial charge in [0.15, 0.2) is 17.2 Å². The first-order valence-corrected chi connectivity index (χ1v) is 9.24. The van der Waals surface area contributed by atoms with Crippen LogP contribution in [0.2, 0.25) is 0 Å². The molecular formula is C19H22F3N3O3. The Labute approximate surface area is 160 Å². The van der Waals surface area contributed by atoms with Crippen molar-refractivity contribution in [2.75, 3.05) is 26.9 Å². The molecule has 4 rings (SSSR count). The van der Waals surface area contributed by atoms with E-state index < -0.39 is 11.9 Å². The Hall–Kier alpha value is -2.42. The smallest absolute Gasteiger partial charge is 0.434 e. The average molecular weight is 397 g/mol. The van der Waals surface area contributed by atoms with Gasteiger partial charge in [-0.15, -0.1) is 0 Å². The number of aryl methyl sites for hydroxylation is 1. The van der Waals surface area contributed by atoms with E-state index >= 15 is 0 Å². The summed E-state index contributed by atoms with van der Waals surface area (Å²) in [6.07, 6.45) is -1.91. The van der Waals surface area contributed by atoms with Crippen molar-refractivity contribution in [3.05, 3.63) is 35.4 Å². The topological polar surface area (TPSA) is 57.5 Å². The number of hydrogen-bond donors (Lipinski definition) is 1. The second kappa shape index (κ2) is 7.54. The predicted molar refractivity (Wildman–Crippen MR) is 94.7 cm³/mol. The highest BCUT2D eigenvalue weighted by atomic mass is 19.4. The minimum atomic E-state index is -4.39. The van der Waals surface area contributed by atoms with Crippen LogP contribution < -0.4 is 19.5 Å². The van der Waals surface area contributed by atoms with E-state index in [1.54, 1.807) is 11.7 Å². The zero-order valence-corrected chi connectivity index (χ0v) is 15.5. The van der Waals surface area contributed by atoms with Gasteiger partial charge in [0.2, 0.25) is 5.75 Å². The Morgan fingerprint density at radius 2 is 2.11 bits per heavy atom. The molecule has 0 spiro atoms. The Bertz CT molecular complexity index is 834. The van der Waals surface area contributed by atoms with Gasteiger partial charge in [0, 0.05) is 25.7 Å². The molecule has 1 atom stereocenters. The zero-order valence-electron chi connectivity index (χ0n) is 15.5. The van der Waals surface area contributed by atoms with Gasteiger partial charge in [-0.3, -0.25) is 0 Å². The van der Waals surface area contributed by atoms with E-state index in [-0.39, 0.29) is 5.92 Å². The minimum absolute atomic E-state index is 0.252. The molecule has 0 fully saturated rings. The third-order valence-corrected chi connectivity index (χ3v) is 5.03. The second-order valence-electron chi connectivity index (χ2n) is 7.05. The summed E-state index contributed by atoms with van der Waals surface area (Å²) in [7, 11) is 1.59. The number of fused-ring (bicyclic) bond motifs is 2. The highest BCUT2D eigenvalue weighted by Gasteiger charge is 2.35. The van der Waals surface area contributed by atoms with Crippen LogP contribution in [-0.2, 0) is 25.7 Å². The van der Waals surface area contributed by atoms with Crippen LogP contribution in [0, 0.1) is 5.92 Å². The van der Waals surface area contributed by atoms with Gasteiger partial charge < -0.3 is 24.1 Å². The number of alkyl halides is 3. The van der Waals surface area contributed by atoms with Crippen molar-refractivity contribution in [2.24, 2.45) is 5.92 Å². The first kappa shape index (κ1) is 18.9. The second-order valence-corrected chi connectivity index (χ2v) is 7.05. The molecule has 2 aromatic rings. The number of benzene rings is 1. The third-order valence-electron chi connectivity index (χ3n) is 5.03. The molecule has 1 N–H and O–H groups in total. The fourth-order valence-electron chi connectivity index (χ4n) is 3.67. The van der Waals surface area contributed by atoms with E-state index in [1.807, 2.05) is 12.1 Å². The predicted octanol–water partition coefficient (Wildman–Crippen LogP) is 3.03. The summed E-state index contributed by atoms with van der Waals surface area (Å²) in [5.74, 6) is 2.69. The van der Waals surface area contributed by atoms with E-state index in [0.717, 1.165) is 18.2 Å². The first-order chi connectivity index (χ1) is 13.4. The van der Waals surface area contributed by atoms with Crippen LogP contribution in [0.4, 0.5) is 13.2 Å². The maximum absolute atomic E-state index is 12.8. The maximum atomic E-state index is 12.8. The Balaban J connectivity index is 1.35. The van der Waals surface area contributed by atoms with Gasteiger partial charge in [-0.05, 0) is 36.6 Å². The van der Waals surface area contributed by atoms with E-state index in [9.17, 15) is 13.2 Å². The van der Waals surface area contributed by atoms with Gasteiger partial charge in [0.1, 0.15) is 19.0 Å². The molecule has 0 amide bonds. The van der Waals surface area contributed by atoms with Crippen LogP contribution in [0.25, 0.3) is 0 Å². The van der Waals surface area contributed by atoms with Gasteiger partial charge in [0.05, 0.1) is 7.11 Å². The number of rotatable bonds is 5. The molecular weight excluding hydrogens is 375 g/mol. The number of aromatic nitrogens is 2. The SMILES string of the molecule is COc1cc(CNC[C@H]2CCc3nc(C(F)(F)F)cn3C2)cc2c1OCCO2. The fraction of sp³-hybridized carbons (Fsp3) is 0.526. The van der Waals surface area contributed by atoms with Crippen LogP contribution in [-0.4, -0.2) is 36.4 Å². The lowest BCUT2D eigenvalue weighted by atomic mass is 9.99. The third kappa shape index (κ3) is 3.89. The lowest BCUT2D eigenvalue weighted by molar-refractivity contribution is -0.141. The normalized spacial score (nSPS) is 18.6. The molecule has 152 valence electrons. The number of ether oxygens (including phenoxy) is 3. The zero-order chi connectivity index (χ0) is 19.7. The van der Waals surface area contributed by atoms with Gasteiger partial charge in [-0.1, -0.05) is 0 Å². The monoisotopic (exact) mass is 397 g/mol. The largest absolute Gasteiger partial charge is 0.493 e. The summed E-state index contributed by atoms with van der Waals surface area (Å²) in [4.78, 5) is 3.72. The molecule has 1 aromatic heterocycles. The van der Waals surface area contributed by atoms with Gasteiger partial charge in [-0.25, -0.2) is 4.98 Å². The molecule has 0 bridgehead atoms. The van der Waals surface area contributed by atoms with E-state index in [0.29, 0.717) is 62.3 Å². The van der Waals surface area contributed by atoms with Crippen LogP contribution in [0.15, 0.2) is 18.3 Å². The highest BCUT2D eigenvalue weighted by molar-refractivity contribution is 5.54. The number of methoxy groups -OCH3 is 1. The van der Waals surface area contributed by atoms with Gasteiger partial charge >= 0.3 is 6.18 Å². The van der Waals surface area contributed by atoms with Crippen molar-refractivity contribution < 1.29 is 27.4 Å². The van der Waals surface area contributed by atoms with Gasteiger partial charge in [-0.2, -0.15) is 13.2 Å². The molecule has 6 nitrogen and oxygen atoms in total. The molecule has 0 saturated heterocycles. The summed E-state index contributed by atoms with van der Waals surface area (Å²) in [5.41, 5.74) is 0.194. The number of imidazole rings is 1. The molecule has 0 unspecified atom stereocenters. The van der Waals surface area contributed by atoms with E-state index in [1.165, 1.54) is 0 Å². The van der Waals surface area contributed by atoms with Crippen LogP contribution in [0.1, 0.15) is 23.5 Å².